The predicted octanol–water partition coefficient (Wildman–Crippen LogP) is 1.48. The van der Waals surface area contributed by atoms with Gasteiger partial charge in [-0.1, -0.05) is 25.6 Å². The van der Waals surface area contributed by atoms with Crippen LogP contribution in [-0.2, 0) is 4.74 Å². The Labute approximate surface area is 123 Å². The maximum Gasteiger partial charge on any atom is 0.0902 e. The monoisotopic (exact) mass is 287 g/mol. The van der Waals surface area contributed by atoms with Gasteiger partial charge in [0.15, 0.2) is 0 Å². The van der Waals surface area contributed by atoms with Crippen molar-refractivity contribution in [3.8, 4) is 0 Å². The highest BCUT2D eigenvalue weighted by Gasteiger charge is 2.26. The summed E-state index contributed by atoms with van der Waals surface area (Å²) in [6.07, 6.45) is 3.31. The van der Waals surface area contributed by atoms with Gasteiger partial charge in [0.25, 0.3) is 0 Å². The maximum absolute atomic E-state index is 5.87. The van der Waals surface area contributed by atoms with Crippen molar-refractivity contribution in [3.05, 3.63) is 0 Å². The molecule has 1 aliphatic heterocycles. The molecule has 0 aliphatic carbocycles. The molecule has 1 fully saturated rings. The molecule has 0 spiro atoms. The molecule has 2 atom stereocenters. The van der Waals surface area contributed by atoms with Crippen molar-refractivity contribution in [3.63, 3.8) is 0 Å². The minimum Gasteiger partial charge on any atom is -0.392 e. The Morgan fingerprint density at radius 3 is 2.26 bits per heavy atom. The summed E-state index contributed by atoms with van der Waals surface area (Å²) in [6.45, 7) is 9.66. The summed E-state index contributed by atoms with van der Waals surface area (Å²) in [4.78, 5) is 5.64. The van der Waals surface area contributed by atoms with Gasteiger partial charge in [0, 0.05) is 45.9 Å². The molecule has 0 amide bonds. The third-order valence-electron chi connectivity index (χ3n) is 4.04. The highest BCUT2D eigenvalue weighted by molar-refractivity contribution is 7.80. The van der Waals surface area contributed by atoms with Crippen molar-refractivity contribution in [2.45, 2.75) is 45.2 Å². The molecule has 2 N–H and O–H groups in total. The Morgan fingerprint density at radius 1 is 1.21 bits per heavy atom. The summed E-state index contributed by atoms with van der Waals surface area (Å²) in [7, 11) is 1.77. The van der Waals surface area contributed by atoms with Gasteiger partial charge in [-0.05, 0) is 19.8 Å². The Bertz CT molecular complexity index is 267. The fraction of sp³-hybridized carbons (Fsp3) is 0.929. The van der Waals surface area contributed by atoms with E-state index in [1.807, 2.05) is 0 Å². The van der Waals surface area contributed by atoms with Crippen LogP contribution in [0.4, 0.5) is 0 Å². The zero-order valence-electron chi connectivity index (χ0n) is 12.6. The summed E-state index contributed by atoms with van der Waals surface area (Å²) in [5, 5.41) is 0. The number of hydrogen-bond donors (Lipinski definition) is 1. The predicted molar refractivity (Wildman–Crippen MR) is 84.6 cm³/mol. The number of nitrogens with zero attached hydrogens (tertiary/aromatic N) is 2. The van der Waals surface area contributed by atoms with Crippen molar-refractivity contribution in [1.82, 2.24) is 9.80 Å². The number of methoxy groups -OCH3 is 1. The van der Waals surface area contributed by atoms with E-state index < -0.39 is 0 Å². The van der Waals surface area contributed by atoms with Crippen LogP contribution in [-0.4, -0.2) is 66.8 Å². The van der Waals surface area contributed by atoms with E-state index in [4.69, 9.17) is 22.7 Å². The molecule has 0 aromatic carbocycles. The van der Waals surface area contributed by atoms with Crippen LogP contribution in [0.1, 0.15) is 33.1 Å². The van der Waals surface area contributed by atoms with Gasteiger partial charge >= 0.3 is 0 Å². The van der Waals surface area contributed by atoms with Gasteiger partial charge in [-0.25, -0.2) is 0 Å². The minimum atomic E-state index is 0.288. The molecule has 1 heterocycles. The van der Waals surface area contributed by atoms with Gasteiger partial charge in [0.2, 0.25) is 0 Å². The van der Waals surface area contributed by atoms with E-state index in [9.17, 15) is 0 Å². The highest BCUT2D eigenvalue weighted by atomic mass is 32.1. The van der Waals surface area contributed by atoms with Crippen LogP contribution in [0.5, 0.6) is 0 Å². The first-order valence-corrected chi connectivity index (χ1v) is 7.77. The molecule has 19 heavy (non-hydrogen) atoms. The first kappa shape index (κ1) is 16.8. The number of piperazine rings is 1. The van der Waals surface area contributed by atoms with Gasteiger partial charge < -0.3 is 10.5 Å². The van der Waals surface area contributed by atoms with Crippen LogP contribution in [0.25, 0.3) is 0 Å². The molecule has 4 nitrogen and oxygen atoms in total. The molecule has 1 aliphatic rings. The van der Waals surface area contributed by atoms with E-state index in [2.05, 4.69) is 23.6 Å². The first-order chi connectivity index (χ1) is 9.10. The van der Waals surface area contributed by atoms with Crippen molar-refractivity contribution in [1.29, 1.82) is 0 Å². The largest absolute Gasteiger partial charge is 0.392 e. The second-order valence-electron chi connectivity index (χ2n) is 5.41. The number of nitrogens with two attached hydrogens (primary N) is 1. The van der Waals surface area contributed by atoms with Gasteiger partial charge in [0.1, 0.15) is 0 Å². The third-order valence-corrected chi connectivity index (χ3v) is 4.32. The molecule has 0 saturated carbocycles. The first-order valence-electron chi connectivity index (χ1n) is 7.36. The molecule has 0 bridgehead atoms. The zero-order valence-corrected chi connectivity index (χ0v) is 13.4. The zero-order chi connectivity index (χ0) is 14.3. The molecule has 0 aromatic heterocycles. The lowest BCUT2D eigenvalue weighted by Crippen LogP contribution is -2.55. The van der Waals surface area contributed by atoms with E-state index in [0.717, 1.165) is 52.0 Å². The number of hydrogen-bond acceptors (Lipinski definition) is 4. The van der Waals surface area contributed by atoms with Crippen LogP contribution in [0.3, 0.4) is 0 Å². The topological polar surface area (TPSA) is 41.7 Å². The standard InChI is InChI=1S/C14H29N3OS/c1-4-5-13(14(15)19)17-9-7-16(8-10-17)12(2)6-11-18-3/h12-13H,4-11H2,1-3H3,(H2,15,19). The molecule has 0 radical (unpaired) electrons. The molecule has 2 unspecified atom stereocenters. The van der Waals surface area contributed by atoms with Gasteiger partial charge in [-0.2, -0.15) is 0 Å². The molecule has 1 saturated heterocycles. The normalized spacial score (nSPS) is 21.2. The lowest BCUT2D eigenvalue weighted by molar-refractivity contribution is 0.0728. The average molecular weight is 287 g/mol. The SMILES string of the molecule is CCCC(C(N)=S)N1CCN(C(C)CCOC)CC1. The minimum absolute atomic E-state index is 0.288. The van der Waals surface area contributed by atoms with Crippen molar-refractivity contribution < 1.29 is 4.74 Å². The highest BCUT2D eigenvalue weighted by Crippen LogP contribution is 2.14. The molecule has 112 valence electrons. The summed E-state index contributed by atoms with van der Waals surface area (Å²) >= 11 is 5.21. The Hall–Kier alpha value is -0.230. The fourth-order valence-electron chi connectivity index (χ4n) is 2.74. The third kappa shape index (κ3) is 5.34. The van der Waals surface area contributed by atoms with Crippen molar-refractivity contribution >= 4 is 17.2 Å². The van der Waals surface area contributed by atoms with Gasteiger partial charge in [-0.3, -0.25) is 9.80 Å². The van der Waals surface area contributed by atoms with Crippen LogP contribution in [0.15, 0.2) is 0 Å². The smallest absolute Gasteiger partial charge is 0.0902 e. The Kier molecular flexibility index (Phi) is 7.83. The number of thiocarbonyl (C=S) groups is 1. The quantitative estimate of drug-likeness (QED) is 0.685. The lowest BCUT2D eigenvalue weighted by Gasteiger charge is -2.41. The van der Waals surface area contributed by atoms with E-state index in [1.165, 1.54) is 0 Å². The summed E-state index contributed by atoms with van der Waals surface area (Å²) < 4.78 is 5.16. The second kappa shape index (κ2) is 8.84. The Morgan fingerprint density at radius 2 is 1.79 bits per heavy atom. The number of rotatable bonds is 8. The lowest BCUT2D eigenvalue weighted by atomic mass is 10.1. The number of ether oxygens (including phenoxy) is 1. The van der Waals surface area contributed by atoms with Crippen LogP contribution in [0, 0.1) is 0 Å². The Balaban J connectivity index is 2.40. The summed E-state index contributed by atoms with van der Waals surface area (Å²) in [6, 6.07) is 0.882. The van der Waals surface area contributed by atoms with E-state index >= 15 is 0 Å². The van der Waals surface area contributed by atoms with Crippen molar-refractivity contribution in [2.75, 3.05) is 39.9 Å². The van der Waals surface area contributed by atoms with Crippen LogP contribution >= 0.6 is 12.2 Å². The average Bonchev–Trinajstić information content (AvgIpc) is 2.42. The fourth-order valence-corrected chi connectivity index (χ4v) is 3.01. The molecule has 1 rings (SSSR count). The van der Waals surface area contributed by atoms with E-state index in [0.29, 0.717) is 11.0 Å². The van der Waals surface area contributed by atoms with E-state index in [1.54, 1.807) is 7.11 Å². The van der Waals surface area contributed by atoms with E-state index in [-0.39, 0.29) is 6.04 Å². The maximum atomic E-state index is 5.87. The molecule has 5 heteroatoms. The van der Waals surface area contributed by atoms with Crippen LogP contribution in [0.2, 0.25) is 0 Å². The molecular formula is C14H29N3OS. The van der Waals surface area contributed by atoms with Crippen LogP contribution < -0.4 is 5.73 Å². The van der Waals surface area contributed by atoms with Gasteiger partial charge in [-0.15, -0.1) is 0 Å². The molecular weight excluding hydrogens is 258 g/mol. The summed E-state index contributed by atoms with van der Waals surface area (Å²) in [5.41, 5.74) is 5.87. The summed E-state index contributed by atoms with van der Waals surface area (Å²) in [5.74, 6) is 0. The second-order valence-corrected chi connectivity index (χ2v) is 5.88. The molecule has 0 aromatic rings. The van der Waals surface area contributed by atoms with Gasteiger partial charge in [0.05, 0.1) is 11.0 Å². The van der Waals surface area contributed by atoms with Crippen molar-refractivity contribution in [2.24, 2.45) is 5.73 Å².